The smallest absolute Gasteiger partial charge is 0.303 e. The van der Waals surface area contributed by atoms with Gasteiger partial charge in [0.05, 0.1) is 0 Å². The van der Waals surface area contributed by atoms with Crippen LogP contribution in [0.1, 0.15) is 32.1 Å². The molecule has 0 aromatic rings. The van der Waals surface area contributed by atoms with Crippen LogP contribution in [0.3, 0.4) is 0 Å². The molecule has 1 rings (SSSR count). The highest BCUT2D eigenvalue weighted by molar-refractivity contribution is 5.75. The van der Waals surface area contributed by atoms with Crippen molar-refractivity contribution in [2.75, 3.05) is 33.7 Å². The van der Waals surface area contributed by atoms with Crippen LogP contribution in [0, 0.1) is 5.92 Å². The Hall–Kier alpha value is -1.10. The Morgan fingerprint density at radius 2 is 2.06 bits per heavy atom. The van der Waals surface area contributed by atoms with Crippen LogP contribution in [0.2, 0.25) is 0 Å². The molecule has 5 nitrogen and oxygen atoms in total. The number of carbonyl (C=O) groups excluding carboxylic acids is 1. The molecule has 1 fully saturated rings. The average molecular weight is 256 g/mol. The number of likely N-dealkylation sites (tertiary alicyclic amines) is 1. The maximum atomic E-state index is 11.5. The van der Waals surface area contributed by atoms with Crippen LogP contribution in [0.4, 0.5) is 0 Å². The van der Waals surface area contributed by atoms with Gasteiger partial charge in [0.1, 0.15) is 0 Å². The molecule has 1 heterocycles. The lowest BCUT2D eigenvalue weighted by Gasteiger charge is -2.32. The van der Waals surface area contributed by atoms with Crippen LogP contribution < -0.4 is 0 Å². The van der Waals surface area contributed by atoms with E-state index in [0.29, 0.717) is 12.3 Å². The third-order valence-electron chi connectivity index (χ3n) is 3.51. The molecule has 0 spiro atoms. The molecule has 104 valence electrons. The molecule has 1 saturated heterocycles. The van der Waals surface area contributed by atoms with Crippen molar-refractivity contribution in [2.24, 2.45) is 5.92 Å². The van der Waals surface area contributed by atoms with Crippen LogP contribution in [-0.4, -0.2) is 60.5 Å². The standard InChI is InChI=1S/C13H24N2O3/c1-14(2)12(16)7-9-15-8-3-4-11(10-15)5-6-13(17)18/h11H,3-10H2,1-2H3,(H,17,18). The van der Waals surface area contributed by atoms with E-state index in [1.807, 2.05) is 0 Å². The normalized spacial score (nSPS) is 20.7. The summed E-state index contributed by atoms with van der Waals surface area (Å²) in [5, 5.41) is 8.68. The van der Waals surface area contributed by atoms with Crippen LogP contribution in [0.5, 0.6) is 0 Å². The van der Waals surface area contributed by atoms with Crippen molar-refractivity contribution in [3.63, 3.8) is 0 Å². The molecule has 1 N–H and O–H groups in total. The molecule has 0 saturated carbocycles. The molecule has 0 aromatic heterocycles. The van der Waals surface area contributed by atoms with Gasteiger partial charge in [-0.1, -0.05) is 0 Å². The number of piperidine rings is 1. The quantitative estimate of drug-likeness (QED) is 0.771. The molecular formula is C13H24N2O3. The summed E-state index contributed by atoms with van der Waals surface area (Å²) < 4.78 is 0. The lowest BCUT2D eigenvalue weighted by atomic mass is 9.93. The fraction of sp³-hybridized carbons (Fsp3) is 0.846. The van der Waals surface area contributed by atoms with Gasteiger partial charge in [0.25, 0.3) is 0 Å². The van der Waals surface area contributed by atoms with Gasteiger partial charge in [0.15, 0.2) is 0 Å². The monoisotopic (exact) mass is 256 g/mol. The number of carboxylic acid groups (broad SMARTS) is 1. The van der Waals surface area contributed by atoms with Crippen molar-refractivity contribution in [3.05, 3.63) is 0 Å². The number of hydrogen-bond acceptors (Lipinski definition) is 3. The molecule has 1 aliphatic rings. The minimum Gasteiger partial charge on any atom is -0.481 e. The molecule has 18 heavy (non-hydrogen) atoms. The van der Waals surface area contributed by atoms with Gasteiger partial charge in [-0.2, -0.15) is 0 Å². The zero-order valence-corrected chi connectivity index (χ0v) is 11.4. The van der Waals surface area contributed by atoms with Gasteiger partial charge in [-0.3, -0.25) is 9.59 Å². The summed E-state index contributed by atoms with van der Waals surface area (Å²) in [7, 11) is 3.54. The van der Waals surface area contributed by atoms with E-state index in [2.05, 4.69) is 4.90 Å². The second-order valence-electron chi connectivity index (χ2n) is 5.28. The highest BCUT2D eigenvalue weighted by atomic mass is 16.4. The minimum atomic E-state index is -0.713. The second kappa shape index (κ2) is 7.36. The predicted octanol–water partition coefficient (Wildman–Crippen LogP) is 1.04. The van der Waals surface area contributed by atoms with Crippen LogP contribution in [-0.2, 0) is 9.59 Å². The third kappa shape index (κ3) is 5.49. The zero-order chi connectivity index (χ0) is 13.5. The molecule has 0 radical (unpaired) electrons. The fourth-order valence-electron chi connectivity index (χ4n) is 2.39. The Bertz CT molecular complexity index is 292. The van der Waals surface area contributed by atoms with Crippen LogP contribution >= 0.6 is 0 Å². The summed E-state index contributed by atoms with van der Waals surface area (Å²) in [6.45, 7) is 2.76. The topological polar surface area (TPSA) is 60.9 Å². The van der Waals surface area contributed by atoms with E-state index in [0.717, 1.165) is 38.9 Å². The maximum absolute atomic E-state index is 11.5. The van der Waals surface area contributed by atoms with Crippen molar-refractivity contribution in [3.8, 4) is 0 Å². The molecular weight excluding hydrogens is 232 g/mol. The van der Waals surface area contributed by atoms with Gasteiger partial charge in [-0.05, 0) is 31.7 Å². The van der Waals surface area contributed by atoms with Crippen molar-refractivity contribution in [1.29, 1.82) is 0 Å². The number of amides is 1. The fourth-order valence-corrected chi connectivity index (χ4v) is 2.39. The second-order valence-corrected chi connectivity index (χ2v) is 5.28. The zero-order valence-electron chi connectivity index (χ0n) is 11.4. The molecule has 0 aliphatic carbocycles. The van der Waals surface area contributed by atoms with E-state index in [1.54, 1.807) is 19.0 Å². The van der Waals surface area contributed by atoms with Crippen molar-refractivity contribution >= 4 is 11.9 Å². The van der Waals surface area contributed by atoms with E-state index >= 15 is 0 Å². The number of carboxylic acids is 1. The Kier molecular flexibility index (Phi) is 6.12. The van der Waals surface area contributed by atoms with Gasteiger partial charge < -0.3 is 14.9 Å². The van der Waals surface area contributed by atoms with Crippen LogP contribution in [0.15, 0.2) is 0 Å². The molecule has 5 heteroatoms. The van der Waals surface area contributed by atoms with E-state index < -0.39 is 5.97 Å². The van der Waals surface area contributed by atoms with Gasteiger partial charge in [0, 0.05) is 40.0 Å². The Morgan fingerprint density at radius 1 is 1.33 bits per heavy atom. The van der Waals surface area contributed by atoms with E-state index in [1.165, 1.54) is 0 Å². The summed E-state index contributed by atoms with van der Waals surface area (Å²) >= 11 is 0. The molecule has 0 bridgehead atoms. The number of hydrogen-bond donors (Lipinski definition) is 1. The highest BCUT2D eigenvalue weighted by Crippen LogP contribution is 2.21. The van der Waals surface area contributed by atoms with E-state index in [-0.39, 0.29) is 12.3 Å². The Balaban J connectivity index is 2.26. The van der Waals surface area contributed by atoms with Gasteiger partial charge in [-0.15, -0.1) is 0 Å². The average Bonchev–Trinajstić information content (AvgIpc) is 2.33. The minimum absolute atomic E-state index is 0.155. The summed E-state index contributed by atoms with van der Waals surface area (Å²) in [5.74, 6) is -0.0816. The van der Waals surface area contributed by atoms with E-state index in [9.17, 15) is 9.59 Å². The molecule has 1 amide bonds. The summed E-state index contributed by atoms with van der Waals surface area (Å²) in [5.41, 5.74) is 0. The SMILES string of the molecule is CN(C)C(=O)CCN1CCCC(CCC(=O)O)C1. The van der Waals surface area contributed by atoms with Crippen molar-refractivity contribution in [2.45, 2.75) is 32.1 Å². The first-order valence-electron chi connectivity index (χ1n) is 6.63. The highest BCUT2D eigenvalue weighted by Gasteiger charge is 2.20. The van der Waals surface area contributed by atoms with Crippen LogP contribution in [0.25, 0.3) is 0 Å². The first kappa shape index (κ1) is 15.0. The van der Waals surface area contributed by atoms with Crippen molar-refractivity contribution < 1.29 is 14.7 Å². The molecule has 1 atom stereocenters. The van der Waals surface area contributed by atoms with Gasteiger partial charge in [0.2, 0.25) is 5.91 Å². The van der Waals surface area contributed by atoms with Crippen molar-refractivity contribution in [1.82, 2.24) is 9.80 Å². The third-order valence-corrected chi connectivity index (χ3v) is 3.51. The maximum Gasteiger partial charge on any atom is 0.303 e. The van der Waals surface area contributed by atoms with Gasteiger partial charge in [-0.25, -0.2) is 0 Å². The first-order chi connectivity index (χ1) is 8.49. The Morgan fingerprint density at radius 3 is 2.67 bits per heavy atom. The molecule has 0 aromatic carbocycles. The van der Waals surface area contributed by atoms with E-state index in [4.69, 9.17) is 5.11 Å². The lowest BCUT2D eigenvalue weighted by molar-refractivity contribution is -0.137. The first-order valence-corrected chi connectivity index (χ1v) is 6.63. The number of nitrogens with zero attached hydrogens (tertiary/aromatic N) is 2. The molecule has 1 aliphatic heterocycles. The number of carbonyl (C=O) groups is 2. The summed E-state index contributed by atoms with van der Waals surface area (Å²) in [6, 6.07) is 0. The number of aliphatic carboxylic acids is 1. The number of rotatable bonds is 6. The predicted molar refractivity (Wildman–Crippen MR) is 69.3 cm³/mol. The largest absolute Gasteiger partial charge is 0.481 e. The van der Waals surface area contributed by atoms with Gasteiger partial charge >= 0.3 is 5.97 Å². The summed E-state index contributed by atoms with van der Waals surface area (Å²) in [6.07, 6.45) is 3.80. The lowest BCUT2D eigenvalue weighted by Crippen LogP contribution is -2.38. The Labute approximate surface area is 109 Å². The summed E-state index contributed by atoms with van der Waals surface area (Å²) in [4.78, 5) is 26.0. The molecule has 1 unspecified atom stereocenters.